The molecule has 0 unspecified atom stereocenters. The maximum atomic E-state index is 5.57. The van der Waals surface area contributed by atoms with E-state index in [1.54, 1.807) is 0 Å². The molecule has 0 saturated carbocycles. The third kappa shape index (κ3) is 7.09. The third-order valence-electron chi connectivity index (χ3n) is 9.20. The van der Waals surface area contributed by atoms with E-state index >= 15 is 0 Å². The minimum absolute atomic E-state index is 0.0301. The average Bonchev–Trinajstić information content (AvgIpc) is 2.95. The fourth-order valence-electron chi connectivity index (χ4n) is 6.06. The molecule has 0 bridgehead atoms. The van der Waals surface area contributed by atoms with Crippen LogP contribution < -0.4 is 0 Å². The highest BCUT2D eigenvalue weighted by molar-refractivity contribution is 6.04. The van der Waals surface area contributed by atoms with Crippen molar-refractivity contribution in [1.82, 2.24) is 4.98 Å². The molecule has 0 N–H and O–H groups in total. The molecule has 1 nitrogen and oxygen atoms in total. The lowest BCUT2D eigenvalue weighted by Gasteiger charge is -2.24. The normalized spacial score (nSPS) is 13.0. The standard InChI is InChI=1S/C44H53N/c1-41(2,3)32-19-13-29(14-20-32)27-38-36-26-25-35(44(10,11)12)28-37(36)39(30-15-21-33(22-16-30)42(4,5)6)40(45-38)31-17-23-34(24-18-31)43(7,8)9/h13-26,28H,27H2,1-12H3. The van der Waals surface area contributed by atoms with Gasteiger partial charge in [0.05, 0.1) is 11.4 Å². The molecule has 5 rings (SSSR count). The van der Waals surface area contributed by atoms with Crippen molar-refractivity contribution < 1.29 is 0 Å². The lowest BCUT2D eigenvalue weighted by atomic mass is 9.82. The highest BCUT2D eigenvalue weighted by Gasteiger charge is 2.23. The summed E-state index contributed by atoms with van der Waals surface area (Å²) in [6.07, 6.45) is 0.784. The zero-order valence-electron chi connectivity index (χ0n) is 29.8. The zero-order valence-corrected chi connectivity index (χ0v) is 29.8. The quantitative estimate of drug-likeness (QED) is 0.201. The summed E-state index contributed by atoms with van der Waals surface area (Å²) in [5.41, 5.74) is 12.7. The van der Waals surface area contributed by atoms with Gasteiger partial charge in [0.25, 0.3) is 0 Å². The molecule has 0 aliphatic rings. The Morgan fingerprint density at radius 2 is 0.822 bits per heavy atom. The van der Waals surface area contributed by atoms with Crippen LogP contribution in [0.15, 0.2) is 91.0 Å². The zero-order chi connectivity index (χ0) is 32.9. The summed E-state index contributed by atoms with van der Waals surface area (Å²) in [5.74, 6) is 0. The Kier molecular flexibility index (Phi) is 8.41. The molecule has 234 valence electrons. The molecule has 0 amide bonds. The highest BCUT2D eigenvalue weighted by atomic mass is 14.7. The van der Waals surface area contributed by atoms with Crippen LogP contribution in [-0.2, 0) is 28.1 Å². The number of nitrogens with zero attached hydrogens (tertiary/aromatic N) is 1. The molecule has 45 heavy (non-hydrogen) atoms. The summed E-state index contributed by atoms with van der Waals surface area (Å²) in [6.45, 7) is 27.4. The topological polar surface area (TPSA) is 12.9 Å². The van der Waals surface area contributed by atoms with E-state index in [0.29, 0.717) is 0 Å². The van der Waals surface area contributed by atoms with Crippen LogP contribution >= 0.6 is 0 Å². The van der Waals surface area contributed by atoms with Crippen LogP contribution in [0.4, 0.5) is 0 Å². The van der Waals surface area contributed by atoms with Gasteiger partial charge < -0.3 is 0 Å². The van der Waals surface area contributed by atoms with Gasteiger partial charge in [0, 0.05) is 22.9 Å². The van der Waals surface area contributed by atoms with E-state index in [0.717, 1.165) is 23.4 Å². The number of hydrogen-bond donors (Lipinski definition) is 0. The van der Waals surface area contributed by atoms with Crippen molar-refractivity contribution in [3.63, 3.8) is 0 Å². The first kappa shape index (κ1) is 32.7. The maximum absolute atomic E-state index is 5.57. The number of rotatable bonds is 4. The van der Waals surface area contributed by atoms with Gasteiger partial charge in [-0.05, 0) is 66.5 Å². The molecule has 0 fully saturated rings. The largest absolute Gasteiger partial charge is 0.251 e. The summed E-state index contributed by atoms with van der Waals surface area (Å²) in [5, 5.41) is 2.50. The summed E-state index contributed by atoms with van der Waals surface area (Å²) in [6, 6.07) is 34.5. The van der Waals surface area contributed by atoms with E-state index in [-0.39, 0.29) is 21.7 Å². The summed E-state index contributed by atoms with van der Waals surface area (Å²) in [4.78, 5) is 5.57. The number of aromatic nitrogens is 1. The summed E-state index contributed by atoms with van der Waals surface area (Å²) in [7, 11) is 0. The van der Waals surface area contributed by atoms with Crippen molar-refractivity contribution >= 4 is 10.8 Å². The molecule has 1 heteroatoms. The third-order valence-corrected chi connectivity index (χ3v) is 9.20. The van der Waals surface area contributed by atoms with Crippen molar-refractivity contribution in [2.75, 3.05) is 0 Å². The lowest BCUT2D eigenvalue weighted by molar-refractivity contribution is 0.590. The Labute approximate surface area is 273 Å². The Bertz CT molecular complexity index is 1790. The van der Waals surface area contributed by atoms with Crippen molar-refractivity contribution in [3.05, 3.63) is 125 Å². The van der Waals surface area contributed by atoms with Crippen molar-refractivity contribution in [1.29, 1.82) is 0 Å². The monoisotopic (exact) mass is 595 g/mol. The minimum Gasteiger partial charge on any atom is -0.251 e. The molecule has 4 aromatic carbocycles. The highest BCUT2D eigenvalue weighted by Crippen LogP contribution is 2.41. The first-order chi connectivity index (χ1) is 20.8. The van der Waals surface area contributed by atoms with Crippen LogP contribution in [0.5, 0.6) is 0 Å². The molecule has 0 radical (unpaired) electrons. The van der Waals surface area contributed by atoms with Crippen LogP contribution in [-0.4, -0.2) is 4.98 Å². The van der Waals surface area contributed by atoms with Crippen molar-refractivity contribution in [2.24, 2.45) is 0 Å². The fourth-order valence-corrected chi connectivity index (χ4v) is 6.06. The van der Waals surface area contributed by atoms with Crippen LogP contribution in [0.1, 0.15) is 117 Å². The van der Waals surface area contributed by atoms with Gasteiger partial charge in [0.2, 0.25) is 0 Å². The minimum atomic E-state index is 0.0301. The molecule has 1 heterocycles. The first-order valence-electron chi connectivity index (χ1n) is 16.6. The number of hydrogen-bond acceptors (Lipinski definition) is 1. The van der Waals surface area contributed by atoms with Gasteiger partial charge in [-0.2, -0.15) is 0 Å². The van der Waals surface area contributed by atoms with Gasteiger partial charge in [-0.25, -0.2) is 0 Å². The van der Waals surface area contributed by atoms with Crippen molar-refractivity contribution in [2.45, 2.75) is 111 Å². The van der Waals surface area contributed by atoms with Gasteiger partial charge >= 0.3 is 0 Å². The van der Waals surface area contributed by atoms with E-state index in [9.17, 15) is 0 Å². The van der Waals surface area contributed by atoms with Crippen LogP contribution in [0.2, 0.25) is 0 Å². The van der Waals surface area contributed by atoms with Crippen molar-refractivity contribution in [3.8, 4) is 22.4 Å². The van der Waals surface area contributed by atoms with E-state index in [1.807, 2.05) is 0 Å². The smallest absolute Gasteiger partial charge is 0.0790 e. The molecular weight excluding hydrogens is 542 g/mol. The fraction of sp³-hybridized carbons (Fsp3) is 0.386. The molecule has 5 aromatic rings. The molecular formula is C44H53N. The van der Waals surface area contributed by atoms with Crippen LogP contribution in [0, 0.1) is 0 Å². The molecule has 0 aliphatic carbocycles. The van der Waals surface area contributed by atoms with E-state index in [2.05, 4.69) is 174 Å². The van der Waals surface area contributed by atoms with Crippen LogP contribution in [0.25, 0.3) is 33.2 Å². The molecule has 0 aliphatic heterocycles. The Hall–Kier alpha value is -3.71. The maximum Gasteiger partial charge on any atom is 0.0790 e. The number of benzene rings is 4. The average molecular weight is 596 g/mol. The summed E-state index contributed by atoms with van der Waals surface area (Å²) >= 11 is 0. The van der Waals surface area contributed by atoms with Gasteiger partial charge in [-0.3, -0.25) is 4.98 Å². The summed E-state index contributed by atoms with van der Waals surface area (Å²) < 4.78 is 0. The first-order valence-corrected chi connectivity index (χ1v) is 16.6. The molecule has 0 saturated heterocycles. The second-order valence-corrected chi connectivity index (χ2v) is 17.1. The van der Waals surface area contributed by atoms with Gasteiger partial charge in [-0.15, -0.1) is 0 Å². The van der Waals surface area contributed by atoms with E-state index in [4.69, 9.17) is 4.98 Å². The second-order valence-electron chi connectivity index (χ2n) is 17.1. The molecule has 1 aromatic heterocycles. The van der Waals surface area contributed by atoms with E-state index in [1.165, 1.54) is 49.7 Å². The Morgan fingerprint density at radius 3 is 1.27 bits per heavy atom. The number of pyridine rings is 1. The Balaban J connectivity index is 1.80. The Morgan fingerprint density at radius 1 is 0.422 bits per heavy atom. The molecule has 0 atom stereocenters. The molecule has 0 spiro atoms. The predicted molar refractivity (Wildman–Crippen MR) is 197 cm³/mol. The van der Waals surface area contributed by atoms with E-state index < -0.39 is 0 Å². The number of fused-ring (bicyclic) bond motifs is 1. The van der Waals surface area contributed by atoms with Crippen LogP contribution in [0.3, 0.4) is 0 Å². The predicted octanol–water partition coefficient (Wildman–Crippen LogP) is 12.3. The van der Waals surface area contributed by atoms with Gasteiger partial charge in [0.1, 0.15) is 0 Å². The second kappa shape index (κ2) is 11.6. The van der Waals surface area contributed by atoms with Gasteiger partial charge in [-0.1, -0.05) is 168 Å². The van der Waals surface area contributed by atoms with Gasteiger partial charge in [0.15, 0.2) is 0 Å². The SMILES string of the molecule is CC(C)(C)c1ccc(Cc2nc(-c3ccc(C(C)(C)C)cc3)c(-c3ccc(C(C)(C)C)cc3)c3cc(C(C)(C)C)ccc23)cc1. The lowest BCUT2D eigenvalue weighted by Crippen LogP contribution is -2.12.